The molecule has 0 aliphatic carbocycles. The molecule has 2 heteroatoms. The number of nitrogens with zero attached hydrogens (tertiary/aromatic N) is 1. The molecule has 2 rings (SSSR count). The lowest BCUT2D eigenvalue weighted by Gasteiger charge is -2.08. The van der Waals surface area contributed by atoms with Crippen LogP contribution in [0.1, 0.15) is 22.3 Å². The number of benzene rings is 1. The van der Waals surface area contributed by atoms with Crippen LogP contribution in [0, 0.1) is 6.92 Å². The van der Waals surface area contributed by atoms with Gasteiger partial charge in [-0.3, -0.25) is 9.79 Å². The van der Waals surface area contributed by atoms with Crippen LogP contribution in [0.3, 0.4) is 0 Å². The third kappa shape index (κ3) is 1.05. The van der Waals surface area contributed by atoms with Crippen molar-refractivity contribution in [2.24, 2.45) is 4.99 Å². The number of aliphatic imine (C=N–C) groups is 1. The maximum absolute atomic E-state index is 11.3. The maximum Gasteiger partial charge on any atom is 0.170 e. The Balaban J connectivity index is 2.62. The van der Waals surface area contributed by atoms with Crippen LogP contribution in [-0.2, 0) is 0 Å². The third-order valence-electron chi connectivity index (χ3n) is 1.96. The van der Waals surface area contributed by atoms with Crippen LogP contribution < -0.4 is 0 Å². The molecule has 0 N–H and O–H groups in total. The van der Waals surface area contributed by atoms with Crippen LogP contribution in [0.5, 0.6) is 0 Å². The summed E-state index contributed by atoms with van der Waals surface area (Å²) >= 11 is 0. The molecule has 60 valence electrons. The normalized spacial score (nSPS) is 14.6. The molecule has 1 aromatic rings. The summed E-state index contributed by atoms with van der Waals surface area (Å²) in [6.45, 7) is 1.99. The van der Waals surface area contributed by atoms with Crippen molar-refractivity contribution in [3.63, 3.8) is 0 Å². The van der Waals surface area contributed by atoms with Crippen LogP contribution in [-0.4, -0.2) is 12.0 Å². The first-order valence-corrected chi connectivity index (χ1v) is 3.94. The largest absolute Gasteiger partial charge is 0.294 e. The van der Waals surface area contributed by atoms with Crippen molar-refractivity contribution >= 4 is 17.7 Å². The van der Waals surface area contributed by atoms with E-state index in [1.165, 1.54) is 0 Å². The fourth-order valence-corrected chi connectivity index (χ4v) is 1.32. The number of hydrogen-bond acceptors (Lipinski definition) is 2. The van der Waals surface area contributed by atoms with Crippen LogP contribution in [0.25, 0.3) is 0 Å². The number of ketones is 1. The zero-order valence-electron chi connectivity index (χ0n) is 6.87. The van der Waals surface area contributed by atoms with Gasteiger partial charge in [0.05, 0.1) is 5.69 Å². The van der Waals surface area contributed by atoms with E-state index in [1.54, 1.807) is 6.21 Å². The number of aryl methyl sites for hydroxylation is 1. The molecule has 0 amide bonds. The van der Waals surface area contributed by atoms with Crippen molar-refractivity contribution < 1.29 is 4.79 Å². The summed E-state index contributed by atoms with van der Waals surface area (Å²) < 4.78 is 0. The predicted molar refractivity (Wildman–Crippen MR) is 48.3 cm³/mol. The number of carbonyl (C=O) groups excluding carboxylic acids is 1. The molecule has 0 atom stereocenters. The Morgan fingerprint density at radius 1 is 1.42 bits per heavy atom. The molecule has 0 radical (unpaired) electrons. The Hall–Kier alpha value is -1.44. The van der Waals surface area contributed by atoms with E-state index in [9.17, 15) is 4.79 Å². The summed E-state index contributed by atoms with van der Waals surface area (Å²) in [5.74, 6) is 0.167. The minimum Gasteiger partial charge on any atom is -0.294 e. The van der Waals surface area contributed by atoms with Crippen molar-refractivity contribution in [2.45, 2.75) is 13.3 Å². The van der Waals surface area contributed by atoms with Crippen molar-refractivity contribution in [3.8, 4) is 0 Å². The van der Waals surface area contributed by atoms with Crippen molar-refractivity contribution in [2.75, 3.05) is 0 Å². The lowest BCUT2D eigenvalue weighted by atomic mass is 10.0. The molecule has 1 aliphatic heterocycles. The standard InChI is InChI=1S/C10H9NO/c1-7-2-3-8-9(6-7)11-5-4-10(8)12/h2-3,5-6H,4H2,1H3. The molecule has 0 saturated carbocycles. The molecule has 1 aromatic carbocycles. The number of fused-ring (bicyclic) bond motifs is 1. The number of hydrogen-bond donors (Lipinski definition) is 0. The van der Waals surface area contributed by atoms with Gasteiger partial charge in [0.25, 0.3) is 0 Å². The second kappa shape index (κ2) is 2.55. The van der Waals surface area contributed by atoms with Crippen molar-refractivity contribution in [3.05, 3.63) is 29.3 Å². The second-order valence-electron chi connectivity index (χ2n) is 2.96. The monoisotopic (exact) mass is 159 g/mol. The highest BCUT2D eigenvalue weighted by Gasteiger charge is 2.12. The van der Waals surface area contributed by atoms with E-state index < -0.39 is 0 Å². The summed E-state index contributed by atoms with van der Waals surface area (Å²) in [4.78, 5) is 15.5. The molecule has 1 aliphatic rings. The van der Waals surface area contributed by atoms with Crippen molar-refractivity contribution in [1.82, 2.24) is 0 Å². The van der Waals surface area contributed by atoms with Gasteiger partial charge >= 0.3 is 0 Å². The first-order valence-electron chi connectivity index (χ1n) is 3.94. The van der Waals surface area contributed by atoms with Gasteiger partial charge in [-0.15, -0.1) is 0 Å². The molecule has 0 bridgehead atoms. The van der Waals surface area contributed by atoms with Gasteiger partial charge in [0.15, 0.2) is 5.78 Å². The van der Waals surface area contributed by atoms with Gasteiger partial charge in [-0.2, -0.15) is 0 Å². The number of carbonyl (C=O) groups is 1. The molecule has 0 fully saturated rings. The van der Waals surface area contributed by atoms with Gasteiger partial charge in [-0.05, 0) is 24.6 Å². The van der Waals surface area contributed by atoms with Gasteiger partial charge in [0, 0.05) is 18.2 Å². The molecular formula is C10H9NO. The zero-order valence-corrected chi connectivity index (χ0v) is 6.87. The first-order chi connectivity index (χ1) is 5.77. The summed E-state index contributed by atoms with van der Waals surface area (Å²) in [6, 6.07) is 5.73. The average Bonchev–Trinajstić information content (AvgIpc) is 2.04. The smallest absolute Gasteiger partial charge is 0.170 e. The Bertz CT molecular complexity index is 366. The third-order valence-corrected chi connectivity index (χ3v) is 1.96. The molecule has 0 saturated heterocycles. The Morgan fingerprint density at radius 2 is 2.25 bits per heavy atom. The number of rotatable bonds is 0. The molecule has 1 heterocycles. The summed E-state index contributed by atoms with van der Waals surface area (Å²) in [6.07, 6.45) is 2.11. The highest BCUT2D eigenvalue weighted by atomic mass is 16.1. The maximum atomic E-state index is 11.3. The summed E-state index contributed by atoms with van der Waals surface area (Å²) in [5.41, 5.74) is 2.70. The average molecular weight is 159 g/mol. The van der Waals surface area contributed by atoms with Gasteiger partial charge < -0.3 is 0 Å². The Kier molecular flexibility index (Phi) is 1.54. The zero-order chi connectivity index (χ0) is 8.55. The number of Topliss-reactive ketones (excluding diaryl/α,β-unsaturated/α-hetero) is 1. The van der Waals surface area contributed by atoms with Crippen LogP contribution in [0.15, 0.2) is 23.2 Å². The Labute approximate surface area is 70.9 Å². The topological polar surface area (TPSA) is 29.4 Å². The fraction of sp³-hybridized carbons (Fsp3) is 0.200. The molecule has 2 nitrogen and oxygen atoms in total. The van der Waals surface area contributed by atoms with E-state index in [0.29, 0.717) is 6.42 Å². The summed E-state index contributed by atoms with van der Waals surface area (Å²) in [5, 5.41) is 0. The predicted octanol–water partition coefficient (Wildman–Crippen LogP) is 2.28. The van der Waals surface area contributed by atoms with Crippen LogP contribution >= 0.6 is 0 Å². The van der Waals surface area contributed by atoms with Gasteiger partial charge in [-0.1, -0.05) is 6.07 Å². The lowest BCUT2D eigenvalue weighted by molar-refractivity contribution is 0.100. The van der Waals surface area contributed by atoms with Gasteiger partial charge in [0.2, 0.25) is 0 Å². The fourth-order valence-electron chi connectivity index (χ4n) is 1.32. The van der Waals surface area contributed by atoms with E-state index >= 15 is 0 Å². The van der Waals surface area contributed by atoms with Gasteiger partial charge in [-0.25, -0.2) is 0 Å². The molecular weight excluding hydrogens is 150 g/mol. The molecule has 0 aromatic heterocycles. The van der Waals surface area contributed by atoms with Gasteiger partial charge in [0.1, 0.15) is 0 Å². The van der Waals surface area contributed by atoms with E-state index in [0.717, 1.165) is 16.8 Å². The summed E-state index contributed by atoms with van der Waals surface area (Å²) in [7, 11) is 0. The molecule has 12 heavy (non-hydrogen) atoms. The highest BCUT2D eigenvalue weighted by Crippen LogP contribution is 2.24. The minimum atomic E-state index is 0.167. The van der Waals surface area contributed by atoms with Crippen LogP contribution in [0.2, 0.25) is 0 Å². The van der Waals surface area contributed by atoms with Crippen LogP contribution in [0.4, 0.5) is 5.69 Å². The molecule has 0 unspecified atom stereocenters. The lowest BCUT2D eigenvalue weighted by Crippen LogP contribution is -2.04. The van der Waals surface area contributed by atoms with E-state index in [4.69, 9.17) is 0 Å². The first kappa shape index (κ1) is 7.22. The minimum absolute atomic E-state index is 0.167. The second-order valence-corrected chi connectivity index (χ2v) is 2.96. The van der Waals surface area contributed by atoms with Crippen molar-refractivity contribution in [1.29, 1.82) is 0 Å². The van der Waals surface area contributed by atoms with E-state index in [-0.39, 0.29) is 5.78 Å². The quantitative estimate of drug-likeness (QED) is 0.571. The Morgan fingerprint density at radius 3 is 3.08 bits per heavy atom. The highest BCUT2D eigenvalue weighted by molar-refractivity contribution is 6.09. The van der Waals surface area contributed by atoms with E-state index in [2.05, 4.69) is 4.99 Å². The van der Waals surface area contributed by atoms with E-state index in [1.807, 2.05) is 25.1 Å². The molecule has 0 spiro atoms. The SMILES string of the molecule is Cc1ccc2c(c1)N=CCC2=O.